The SMILES string of the molecule is CC(C)(C)N(CC(=O)O)Cc1ccc(Br)c2cccnc12. The van der Waals surface area contributed by atoms with Gasteiger partial charge >= 0.3 is 5.97 Å². The molecule has 1 heterocycles. The molecule has 0 bridgehead atoms. The molecular weight excluding hydrogens is 332 g/mol. The van der Waals surface area contributed by atoms with Gasteiger partial charge in [-0.2, -0.15) is 0 Å². The van der Waals surface area contributed by atoms with Gasteiger partial charge in [0, 0.05) is 28.1 Å². The van der Waals surface area contributed by atoms with Gasteiger partial charge < -0.3 is 5.11 Å². The van der Waals surface area contributed by atoms with E-state index in [9.17, 15) is 4.79 Å². The zero-order chi connectivity index (χ0) is 15.6. The summed E-state index contributed by atoms with van der Waals surface area (Å²) < 4.78 is 0.995. The smallest absolute Gasteiger partial charge is 0.317 e. The van der Waals surface area contributed by atoms with Crippen molar-refractivity contribution in [2.24, 2.45) is 0 Å². The summed E-state index contributed by atoms with van der Waals surface area (Å²) in [6, 6.07) is 7.89. The van der Waals surface area contributed by atoms with Crippen LogP contribution in [0.15, 0.2) is 34.9 Å². The van der Waals surface area contributed by atoms with Crippen molar-refractivity contribution < 1.29 is 9.90 Å². The number of aromatic nitrogens is 1. The monoisotopic (exact) mass is 350 g/mol. The van der Waals surface area contributed by atoms with E-state index in [2.05, 4.69) is 20.9 Å². The molecule has 21 heavy (non-hydrogen) atoms. The Labute approximate surface area is 132 Å². The fraction of sp³-hybridized carbons (Fsp3) is 0.375. The summed E-state index contributed by atoms with van der Waals surface area (Å²) in [5.41, 5.74) is 1.71. The van der Waals surface area contributed by atoms with E-state index in [0.29, 0.717) is 6.54 Å². The minimum absolute atomic E-state index is 0.00783. The van der Waals surface area contributed by atoms with Gasteiger partial charge in [0.1, 0.15) is 0 Å². The van der Waals surface area contributed by atoms with Gasteiger partial charge in [-0.3, -0.25) is 14.7 Å². The average molecular weight is 351 g/mol. The number of hydrogen-bond donors (Lipinski definition) is 1. The van der Waals surface area contributed by atoms with Crippen molar-refractivity contribution in [1.82, 2.24) is 9.88 Å². The second kappa shape index (κ2) is 6.12. The van der Waals surface area contributed by atoms with Crippen molar-refractivity contribution in [2.75, 3.05) is 6.54 Å². The molecule has 0 saturated heterocycles. The van der Waals surface area contributed by atoms with Crippen LogP contribution in [0.1, 0.15) is 26.3 Å². The van der Waals surface area contributed by atoms with Crippen molar-refractivity contribution in [3.05, 3.63) is 40.5 Å². The highest BCUT2D eigenvalue weighted by Gasteiger charge is 2.24. The number of carboxylic acids is 1. The van der Waals surface area contributed by atoms with Gasteiger partial charge in [0.05, 0.1) is 12.1 Å². The zero-order valence-electron chi connectivity index (χ0n) is 12.4. The van der Waals surface area contributed by atoms with E-state index in [1.165, 1.54) is 0 Å². The van der Waals surface area contributed by atoms with Crippen LogP contribution in [0.2, 0.25) is 0 Å². The molecular formula is C16H19BrN2O2. The molecule has 0 aliphatic carbocycles. The lowest BCUT2D eigenvalue weighted by atomic mass is 10.0. The van der Waals surface area contributed by atoms with E-state index in [0.717, 1.165) is 20.9 Å². The highest BCUT2D eigenvalue weighted by Crippen LogP contribution is 2.27. The van der Waals surface area contributed by atoms with E-state index >= 15 is 0 Å². The zero-order valence-corrected chi connectivity index (χ0v) is 14.0. The van der Waals surface area contributed by atoms with Gasteiger partial charge in [-0.15, -0.1) is 0 Å². The molecule has 0 aliphatic heterocycles. The molecule has 0 amide bonds. The van der Waals surface area contributed by atoms with E-state index in [1.54, 1.807) is 6.20 Å². The first-order chi connectivity index (χ1) is 9.79. The second-order valence-electron chi connectivity index (χ2n) is 6.03. The molecule has 0 atom stereocenters. The Balaban J connectivity index is 2.42. The minimum atomic E-state index is -0.820. The highest BCUT2D eigenvalue weighted by molar-refractivity contribution is 9.10. The van der Waals surface area contributed by atoms with Gasteiger partial charge in [-0.05, 0) is 38.5 Å². The number of carbonyl (C=O) groups is 1. The summed E-state index contributed by atoms with van der Waals surface area (Å²) in [5.74, 6) is -0.820. The first-order valence-corrected chi connectivity index (χ1v) is 7.57. The molecule has 0 saturated carbocycles. The number of benzene rings is 1. The Morgan fingerprint density at radius 3 is 2.67 bits per heavy atom. The van der Waals surface area contributed by atoms with Crippen LogP contribution in [0.3, 0.4) is 0 Å². The molecule has 0 unspecified atom stereocenters. The minimum Gasteiger partial charge on any atom is -0.480 e. The van der Waals surface area contributed by atoms with Gasteiger partial charge in [0.15, 0.2) is 0 Å². The quantitative estimate of drug-likeness (QED) is 0.913. The Morgan fingerprint density at radius 2 is 2.05 bits per heavy atom. The molecule has 0 aliphatic rings. The lowest BCUT2D eigenvalue weighted by Crippen LogP contribution is -2.43. The maximum atomic E-state index is 11.1. The largest absolute Gasteiger partial charge is 0.480 e. The van der Waals surface area contributed by atoms with Gasteiger partial charge in [-0.25, -0.2) is 0 Å². The van der Waals surface area contributed by atoms with E-state index in [4.69, 9.17) is 5.11 Å². The molecule has 1 N–H and O–H groups in total. The van der Waals surface area contributed by atoms with E-state index in [-0.39, 0.29) is 12.1 Å². The third-order valence-corrected chi connectivity index (χ3v) is 4.13. The maximum Gasteiger partial charge on any atom is 0.317 e. The van der Waals surface area contributed by atoms with Crippen LogP contribution < -0.4 is 0 Å². The number of carboxylic acid groups (broad SMARTS) is 1. The summed E-state index contributed by atoms with van der Waals surface area (Å²) >= 11 is 3.53. The van der Waals surface area contributed by atoms with Crippen LogP contribution in [0.5, 0.6) is 0 Å². The van der Waals surface area contributed by atoms with Crippen LogP contribution in [-0.4, -0.2) is 33.0 Å². The maximum absolute atomic E-state index is 11.1. The molecule has 0 spiro atoms. The molecule has 112 valence electrons. The number of pyridine rings is 1. The number of halogens is 1. The van der Waals surface area contributed by atoms with Crippen molar-refractivity contribution in [3.63, 3.8) is 0 Å². The summed E-state index contributed by atoms with van der Waals surface area (Å²) in [5, 5.41) is 10.2. The van der Waals surface area contributed by atoms with Crippen molar-refractivity contribution in [3.8, 4) is 0 Å². The molecule has 1 aromatic carbocycles. The van der Waals surface area contributed by atoms with Gasteiger partial charge in [-0.1, -0.05) is 28.1 Å². The molecule has 0 radical (unpaired) electrons. The Kier molecular flexibility index (Phi) is 4.64. The molecule has 5 heteroatoms. The van der Waals surface area contributed by atoms with Crippen molar-refractivity contribution >= 4 is 32.8 Å². The first kappa shape index (κ1) is 15.9. The summed E-state index contributed by atoms with van der Waals surface area (Å²) in [4.78, 5) is 17.5. The Hall–Kier alpha value is -1.46. The van der Waals surface area contributed by atoms with E-state index in [1.807, 2.05) is 49.9 Å². The lowest BCUT2D eigenvalue weighted by molar-refractivity contribution is -0.139. The van der Waals surface area contributed by atoms with Crippen LogP contribution in [0.25, 0.3) is 10.9 Å². The van der Waals surface area contributed by atoms with Crippen molar-refractivity contribution in [2.45, 2.75) is 32.9 Å². The second-order valence-corrected chi connectivity index (χ2v) is 6.88. The molecule has 1 aromatic heterocycles. The number of hydrogen-bond acceptors (Lipinski definition) is 3. The predicted molar refractivity (Wildman–Crippen MR) is 87.2 cm³/mol. The lowest BCUT2D eigenvalue weighted by Gasteiger charge is -2.34. The predicted octanol–water partition coefficient (Wildman–Crippen LogP) is 3.68. The molecule has 2 rings (SSSR count). The van der Waals surface area contributed by atoms with Gasteiger partial charge in [0.25, 0.3) is 0 Å². The third kappa shape index (κ3) is 3.80. The normalized spacial score (nSPS) is 12.0. The Morgan fingerprint density at radius 1 is 1.33 bits per heavy atom. The number of rotatable bonds is 4. The Bertz CT molecular complexity index is 665. The highest BCUT2D eigenvalue weighted by atomic mass is 79.9. The van der Waals surface area contributed by atoms with Crippen LogP contribution >= 0.6 is 15.9 Å². The number of nitrogens with zero attached hydrogens (tertiary/aromatic N) is 2. The summed E-state index contributed by atoms with van der Waals surface area (Å²) in [6.45, 7) is 6.61. The number of aliphatic carboxylic acids is 1. The fourth-order valence-electron chi connectivity index (χ4n) is 2.22. The molecule has 0 fully saturated rings. The van der Waals surface area contributed by atoms with Crippen molar-refractivity contribution in [1.29, 1.82) is 0 Å². The van der Waals surface area contributed by atoms with Crippen LogP contribution in [-0.2, 0) is 11.3 Å². The molecule has 2 aromatic rings. The standard InChI is InChI=1S/C16H19BrN2O2/c1-16(2,3)19(10-14(20)21)9-11-6-7-13(17)12-5-4-8-18-15(11)12/h4-8H,9-10H2,1-3H3,(H,20,21). The topological polar surface area (TPSA) is 53.4 Å². The average Bonchev–Trinajstić information content (AvgIpc) is 2.40. The molecule has 4 nitrogen and oxygen atoms in total. The van der Waals surface area contributed by atoms with E-state index < -0.39 is 5.97 Å². The summed E-state index contributed by atoms with van der Waals surface area (Å²) in [6.07, 6.45) is 1.76. The number of fused-ring (bicyclic) bond motifs is 1. The van der Waals surface area contributed by atoms with Crippen LogP contribution in [0.4, 0.5) is 0 Å². The fourth-order valence-corrected chi connectivity index (χ4v) is 2.68. The first-order valence-electron chi connectivity index (χ1n) is 6.78. The van der Waals surface area contributed by atoms with Gasteiger partial charge in [0.2, 0.25) is 0 Å². The third-order valence-electron chi connectivity index (χ3n) is 3.44. The van der Waals surface area contributed by atoms with Crippen LogP contribution in [0, 0.1) is 0 Å². The summed E-state index contributed by atoms with van der Waals surface area (Å²) in [7, 11) is 0.